The fourth-order valence-corrected chi connectivity index (χ4v) is 2.50. The fraction of sp³-hybridized carbons (Fsp3) is 0.353. The molecular weight excluding hydrogens is 310 g/mol. The molecule has 0 spiro atoms. The van der Waals surface area contributed by atoms with Crippen LogP contribution >= 0.6 is 0 Å². The first-order chi connectivity index (χ1) is 11.6. The molecule has 0 bridgehead atoms. The van der Waals surface area contributed by atoms with E-state index in [1.54, 1.807) is 25.3 Å². The summed E-state index contributed by atoms with van der Waals surface area (Å²) in [5.74, 6) is 0.977. The largest absolute Gasteiger partial charge is 0.482 e. The quantitative estimate of drug-likeness (QED) is 0.827. The third-order valence-electron chi connectivity index (χ3n) is 3.73. The third kappa shape index (κ3) is 3.56. The van der Waals surface area contributed by atoms with E-state index in [2.05, 4.69) is 10.4 Å². The smallest absolute Gasteiger partial charge is 0.266 e. The van der Waals surface area contributed by atoms with E-state index in [1.165, 1.54) is 10.7 Å². The molecule has 7 heteroatoms. The predicted molar refractivity (Wildman–Crippen MR) is 87.1 cm³/mol. The Morgan fingerprint density at radius 1 is 1.21 bits per heavy atom. The summed E-state index contributed by atoms with van der Waals surface area (Å²) in [5, 5.41) is 6.78. The molecular formula is C17H19N3O4. The summed E-state index contributed by atoms with van der Waals surface area (Å²) in [5.41, 5.74) is -0.155. The number of amides is 1. The van der Waals surface area contributed by atoms with Crippen molar-refractivity contribution in [2.45, 2.75) is 32.1 Å². The lowest BCUT2D eigenvalue weighted by atomic mass is 10.1. The first kappa shape index (κ1) is 16.0. The Labute approximate surface area is 139 Å². The average Bonchev–Trinajstić information content (AvgIpc) is 2.59. The molecule has 1 amide bonds. The molecule has 1 N–H and O–H groups in total. The van der Waals surface area contributed by atoms with E-state index in [9.17, 15) is 9.59 Å². The van der Waals surface area contributed by atoms with Crippen LogP contribution in [-0.4, -0.2) is 34.4 Å². The number of ether oxygens (including phenoxy) is 2. The highest BCUT2D eigenvalue weighted by atomic mass is 16.6. The van der Waals surface area contributed by atoms with Gasteiger partial charge in [-0.15, -0.1) is 0 Å². The summed E-state index contributed by atoms with van der Waals surface area (Å²) in [6.07, 6.45) is 1.09. The second kappa shape index (κ2) is 7.16. The van der Waals surface area contributed by atoms with Crippen LogP contribution in [0.2, 0.25) is 0 Å². The van der Waals surface area contributed by atoms with E-state index in [1.807, 2.05) is 18.2 Å². The van der Waals surface area contributed by atoms with Gasteiger partial charge in [0.25, 0.3) is 11.5 Å². The van der Waals surface area contributed by atoms with Crippen molar-refractivity contribution in [2.75, 3.05) is 6.54 Å². The number of aryl methyl sites for hydroxylation is 1. The molecule has 1 aromatic heterocycles. The lowest BCUT2D eigenvalue weighted by Gasteiger charge is -2.31. The number of hydrogen-bond acceptors (Lipinski definition) is 5. The summed E-state index contributed by atoms with van der Waals surface area (Å²) in [7, 11) is 0. The molecule has 1 aromatic carbocycles. The van der Waals surface area contributed by atoms with Gasteiger partial charge in [-0.25, -0.2) is 4.68 Å². The molecule has 0 aliphatic carbocycles. The summed E-state index contributed by atoms with van der Waals surface area (Å²) in [6.45, 7) is 2.67. The maximum atomic E-state index is 12.3. The molecule has 2 heterocycles. The molecule has 1 aliphatic rings. The zero-order valence-electron chi connectivity index (χ0n) is 13.3. The van der Waals surface area contributed by atoms with Gasteiger partial charge in [0.2, 0.25) is 6.10 Å². The molecule has 7 nitrogen and oxygen atoms in total. The minimum absolute atomic E-state index is 0.155. The van der Waals surface area contributed by atoms with Gasteiger partial charge in [0.05, 0.1) is 0 Å². The number of fused-ring (bicyclic) bond motifs is 1. The van der Waals surface area contributed by atoms with Crippen LogP contribution in [0.4, 0.5) is 0 Å². The standard InChI is InChI=1S/C17H19N3O4/c1-12-16(24-14-7-3-2-6-13(14)23-12)17(22)18-9-5-11-20-15(21)8-4-10-19-20/h2-4,6-8,10,12,16H,5,9,11H2,1H3,(H,18,22)/t12-,16+/m1/s1. The van der Waals surface area contributed by atoms with Crippen LogP contribution in [0, 0.1) is 0 Å². The highest BCUT2D eigenvalue weighted by Crippen LogP contribution is 2.33. The van der Waals surface area contributed by atoms with Crippen molar-refractivity contribution in [3.05, 3.63) is 52.9 Å². The Bertz CT molecular complexity index is 774. The van der Waals surface area contributed by atoms with Crippen LogP contribution in [0.15, 0.2) is 47.4 Å². The average molecular weight is 329 g/mol. The Hall–Kier alpha value is -2.83. The lowest BCUT2D eigenvalue weighted by Crippen LogP contribution is -2.49. The van der Waals surface area contributed by atoms with Crippen molar-refractivity contribution in [1.82, 2.24) is 15.1 Å². The van der Waals surface area contributed by atoms with Crippen LogP contribution in [-0.2, 0) is 11.3 Å². The first-order valence-corrected chi connectivity index (χ1v) is 7.87. The number of nitrogens with one attached hydrogen (secondary N) is 1. The number of rotatable bonds is 5. The van der Waals surface area contributed by atoms with Gasteiger partial charge >= 0.3 is 0 Å². The zero-order valence-corrected chi connectivity index (χ0v) is 13.3. The number of carbonyl (C=O) groups is 1. The van der Waals surface area contributed by atoms with Gasteiger partial charge in [-0.1, -0.05) is 12.1 Å². The Morgan fingerprint density at radius 2 is 1.96 bits per heavy atom. The van der Waals surface area contributed by atoms with Gasteiger partial charge in [0.15, 0.2) is 11.5 Å². The van der Waals surface area contributed by atoms with Crippen molar-refractivity contribution in [1.29, 1.82) is 0 Å². The monoisotopic (exact) mass is 329 g/mol. The number of para-hydroxylation sites is 2. The molecule has 2 aromatic rings. The molecule has 3 rings (SSSR count). The van der Waals surface area contributed by atoms with Crippen LogP contribution in [0.1, 0.15) is 13.3 Å². The van der Waals surface area contributed by atoms with Crippen LogP contribution in [0.3, 0.4) is 0 Å². The molecule has 0 unspecified atom stereocenters. The third-order valence-corrected chi connectivity index (χ3v) is 3.73. The number of carbonyl (C=O) groups excluding carboxylic acids is 1. The highest BCUT2D eigenvalue weighted by molar-refractivity contribution is 5.82. The summed E-state index contributed by atoms with van der Waals surface area (Å²) in [4.78, 5) is 23.8. The SMILES string of the molecule is C[C@H]1Oc2ccccc2O[C@@H]1C(=O)NCCCn1ncccc1=O. The molecule has 0 radical (unpaired) electrons. The maximum absolute atomic E-state index is 12.3. The van der Waals surface area contributed by atoms with E-state index in [0.717, 1.165) is 0 Å². The summed E-state index contributed by atoms with van der Waals surface area (Å²) < 4.78 is 12.8. The van der Waals surface area contributed by atoms with E-state index < -0.39 is 6.10 Å². The van der Waals surface area contributed by atoms with E-state index in [0.29, 0.717) is 31.0 Å². The minimum Gasteiger partial charge on any atom is -0.482 e. The first-order valence-electron chi connectivity index (χ1n) is 7.87. The van der Waals surface area contributed by atoms with Crippen molar-refractivity contribution >= 4 is 5.91 Å². The Kier molecular flexibility index (Phi) is 4.79. The van der Waals surface area contributed by atoms with Crippen molar-refractivity contribution < 1.29 is 14.3 Å². The molecule has 0 saturated carbocycles. The Morgan fingerprint density at radius 3 is 2.71 bits per heavy atom. The number of benzene rings is 1. The number of aromatic nitrogens is 2. The fourth-order valence-electron chi connectivity index (χ4n) is 2.50. The highest BCUT2D eigenvalue weighted by Gasteiger charge is 2.33. The van der Waals surface area contributed by atoms with Gasteiger partial charge in [-0.05, 0) is 31.5 Å². The van der Waals surface area contributed by atoms with Gasteiger partial charge < -0.3 is 14.8 Å². The second-order valence-electron chi connectivity index (χ2n) is 5.54. The van der Waals surface area contributed by atoms with E-state index in [4.69, 9.17) is 9.47 Å². The number of nitrogens with zero attached hydrogens (tertiary/aromatic N) is 2. The lowest BCUT2D eigenvalue weighted by molar-refractivity contribution is -0.133. The molecule has 24 heavy (non-hydrogen) atoms. The number of hydrogen-bond donors (Lipinski definition) is 1. The maximum Gasteiger partial charge on any atom is 0.266 e. The summed E-state index contributed by atoms with van der Waals surface area (Å²) >= 11 is 0. The molecule has 0 fully saturated rings. The molecule has 0 saturated heterocycles. The summed E-state index contributed by atoms with van der Waals surface area (Å²) in [6, 6.07) is 10.3. The van der Waals surface area contributed by atoms with E-state index >= 15 is 0 Å². The van der Waals surface area contributed by atoms with Gasteiger partial charge in [0.1, 0.15) is 6.10 Å². The second-order valence-corrected chi connectivity index (χ2v) is 5.54. The van der Waals surface area contributed by atoms with Crippen molar-refractivity contribution in [2.24, 2.45) is 0 Å². The topological polar surface area (TPSA) is 82.4 Å². The normalized spacial score (nSPS) is 18.9. The molecule has 2 atom stereocenters. The van der Waals surface area contributed by atoms with Gasteiger partial charge in [-0.3, -0.25) is 9.59 Å². The van der Waals surface area contributed by atoms with E-state index in [-0.39, 0.29) is 17.6 Å². The molecule has 126 valence electrons. The van der Waals surface area contributed by atoms with Crippen molar-refractivity contribution in [3.8, 4) is 11.5 Å². The van der Waals surface area contributed by atoms with Gasteiger partial charge in [-0.2, -0.15) is 5.10 Å². The van der Waals surface area contributed by atoms with Crippen LogP contribution in [0.25, 0.3) is 0 Å². The zero-order chi connectivity index (χ0) is 16.9. The van der Waals surface area contributed by atoms with Crippen molar-refractivity contribution in [3.63, 3.8) is 0 Å². The minimum atomic E-state index is -0.697. The van der Waals surface area contributed by atoms with Crippen LogP contribution < -0.4 is 20.3 Å². The molecule has 1 aliphatic heterocycles. The predicted octanol–water partition coefficient (Wildman–Crippen LogP) is 0.978. The van der Waals surface area contributed by atoms with Gasteiger partial charge in [0, 0.05) is 25.4 Å². The van der Waals surface area contributed by atoms with Crippen LogP contribution in [0.5, 0.6) is 11.5 Å². The Balaban J connectivity index is 1.50.